The molecule has 0 saturated heterocycles. The van der Waals surface area contributed by atoms with Crippen molar-refractivity contribution in [2.45, 2.75) is 11.8 Å². The van der Waals surface area contributed by atoms with E-state index in [-0.39, 0.29) is 10.6 Å². The molecule has 0 atom stereocenters. The molecule has 1 heterocycles. The number of sulfonamides is 1. The fraction of sp³-hybridized carbons (Fsp3) is 0.125. The number of hydrogen-bond acceptors (Lipinski definition) is 6. The van der Waals surface area contributed by atoms with Crippen molar-refractivity contribution in [3.05, 3.63) is 59.4 Å². The van der Waals surface area contributed by atoms with Crippen LogP contribution in [0.4, 0.5) is 14.5 Å². The van der Waals surface area contributed by atoms with Crippen LogP contribution in [0.25, 0.3) is 5.69 Å². The lowest BCUT2D eigenvalue weighted by molar-refractivity contribution is 0.102. The van der Waals surface area contributed by atoms with Gasteiger partial charge in [-0.2, -0.15) is 4.68 Å². The van der Waals surface area contributed by atoms with Gasteiger partial charge in [0.25, 0.3) is 5.91 Å². The molecule has 1 amide bonds. The van der Waals surface area contributed by atoms with E-state index >= 15 is 0 Å². The number of rotatable bonds is 5. The zero-order chi connectivity index (χ0) is 20.5. The molecule has 0 aliphatic carbocycles. The molecule has 0 spiro atoms. The standard InChI is InChI=1S/C16H14F2N6O3S/c1-9-21-22-23-24(9)10-3-5-14(18)15(7-10)20-16(25)12-8-11(4-6-13(12)17)28(26,27)19-2/h3-8,19H,1-2H3,(H,20,25). The summed E-state index contributed by atoms with van der Waals surface area (Å²) in [5.41, 5.74) is -0.440. The Kier molecular flexibility index (Phi) is 5.16. The molecule has 3 rings (SSSR count). The van der Waals surface area contributed by atoms with Crippen LogP contribution in [0.5, 0.6) is 0 Å². The molecule has 146 valence electrons. The highest BCUT2D eigenvalue weighted by molar-refractivity contribution is 7.89. The third-order valence-electron chi connectivity index (χ3n) is 3.83. The van der Waals surface area contributed by atoms with Crippen molar-refractivity contribution in [2.75, 3.05) is 12.4 Å². The molecule has 0 bridgehead atoms. The number of nitrogens with one attached hydrogen (secondary N) is 2. The fourth-order valence-corrected chi connectivity index (χ4v) is 3.12. The monoisotopic (exact) mass is 408 g/mol. The normalized spacial score (nSPS) is 11.4. The first-order chi connectivity index (χ1) is 13.2. The van der Waals surface area contributed by atoms with E-state index in [9.17, 15) is 22.0 Å². The lowest BCUT2D eigenvalue weighted by Gasteiger charge is -2.11. The Morgan fingerprint density at radius 3 is 2.46 bits per heavy atom. The molecular weight excluding hydrogens is 394 g/mol. The van der Waals surface area contributed by atoms with E-state index in [2.05, 4.69) is 25.6 Å². The molecule has 0 saturated carbocycles. The summed E-state index contributed by atoms with van der Waals surface area (Å²) >= 11 is 0. The van der Waals surface area contributed by atoms with Gasteiger partial charge in [0.05, 0.1) is 21.8 Å². The minimum Gasteiger partial charge on any atom is -0.319 e. The van der Waals surface area contributed by atoms with Crippen LogP contribution < -0.4 is 10.0 Å². The SMILES string of the molecule is CNS(=O)(=O)c1ccc(F)c(C(=O)Nc2cc(-n3nnnc3C)ccc2F)c1. The maximum atomic E-state index is 14.1. The molecule has 3 aromatic rings. The number of halogens is 2. The molecule has 0 radical (unpaired) electrons. The maximum Gasteiger partial charge on any atom is 0.258 e. The Labute approximate surface area is 158 Å². The number of carbonyl (C=O) groups excluding carboxylic acids is 1. The van der Waals surface area contributed by atoms with E-state index < -0.39 is 33.1 Å². The lowest BCUT2D eigenvalue weighted by Crippen LogP contribution is -2.20. The fourth-order valence-electron chi connectivity index (χ4n) is 2.36. The minimum absolute atomic E-state index is 0.251. The second-order valence-electron chi connectivity index (χ2n) is 5.61. The largest absolute Gasteiger partial charge is 0.319 e. The van der Waals surface area contributed by atoms with Crippen molar-refractivity contribution < 1.29 is 22.0 Å². The Bertz CT molecular complexity index is 1160. The van der Waals surface area contributed by atoms with Gasteiger partial charge in [-0.1, -0.05) is 0 Å². The van der Waals surface area contributed by atoms with Crippen LogP contribution in [0.3, 0.4) is 0 Å². The van der Waals surface area contributed by atoms with Crippen LogP contribution in [0.15, 0.2) is 41.3 Å². The van der Waals surface area contributed by atoms with E-state index in [1.807, 2.05) is 0 Å². The van der Waals surface area contributed by atoms with Crippen LogP contribution in [0, 0.1) is 18.6 Å². The summed E-state index contributed by atoms with van der Waals surface area (Å²) in [7, 11) is -2.71. The predicted octanol–water partition coefficient (Wildman–Crippen LogP) is 1.41. The highest BCUT2D eigenvalue weighted by Crippen LogP contribution is 2.21. The van der Waals surface area contributed by atoms with E-state index in [1.54, 1.807) is 6.92 Å². The van der Waals surface area contributed by atoms with Crippen LogP contribution in [0.1, 0.15) is 16.2 Å². The first-order valence-corrected chi connectivity index (χ1v) is 9.30. The summed E-state index contributed by atoms with van der Waals surface area (Å²) in [5.74, 6) is -2.32. The summed E-state index contributed by atoms with van der Waals surface area (Å²) in [6.45, 7) is 1.63. The van der Waals surface area contributed by atoms with Crippen molar-refractivity contribution in [1.29, 1.82) is 0 Å². The molecule has 1 aromatic heterocycles. The number of anilines is 1. The van der Waals surface area contributed by atoms with Gasteiger partial charge in [0, 0.05) is 0 Å². The average molecular weight is 408 g/mol. The van der Waals surface area contributed by atoms with E-state index in [4.69, 9.17) is 0 Å². The summed E-state index contributed by atoms with van der Waals surface area (Å²) in [4.78, 5) is 12.1. The van der Waals surface area contributed by atoms with Gasteiger partial charge in [-0.15, -0.1) is 5.10 Å². The quantitative estimate of drug-likeness (QED) is 0.659. The predicted molar refractivity (Wildman–Crippen MR) is 94.4 cm³/mol. The first kappa shape index (κ1) is 19.5. The number of nitrogens with zero attached hydrogens (tertiary/aromatic N) is 4. The third kappa shape index (κ3) is 3.73. The molecule has 9 nitrogen and oxygen atoms in total. The Hall–Kier alpha value is -3.25. The number of benzene rings is 2. The molecule has 2 aromatic carbocycles. The molecule has 0 aliphatic rings. The summed E-state index contributed by atoms with van der Waals surface area (Å²) in [5, 5.41) is 13.2. The van der Waals surface area contributed by atoms with E-state index in [0.717, 1.165) is 24.3 Å². The highest BCUT2D eigenvalue weighted by Gasteiger charge is 2.19. The van der Waals surface area contributed by atoms with Gasteiger partial charge in [-0.3, -0.25) is 4.79 Å². The van der Waals surface area contributed by atoms with Crippen molar-refractivity contribution in [2.24, 2.45) is 0 Å². The Balaban J connectivity index is 1.96. The lowest BCUT2D eigenvalue weighted by atomic mass is 10.2. The number of tetrazole rings is 1. The van der Waals surface area contributed by atoms with Crippen molar-refractivity contribution >= 4 is 21.6 Å². The molecule has 0 aliphatic heterocycles. The van der Waals surface area contributed by atoms with Gasteiger partial charge < -0.3 is 5.32 Å². The number of carbonyl (C=O) groups is 1. The summed E-state index contributed by atoms with van der Waals surface area (Å²) < 4.78 is 55.3. The van der Waals surface area contributed by atoms with Crippen molar-refractivity contribution in [1.82, 2.24) is 24.9 Å². The van der Waals surface area contributed by atoms with Gasteiger partial charge in [0.2, 0.25) is 10.0 Å². The van der Waals surface area contributed by atoms with Crippen LogP contribution in [0.2, 0.25) is 0 Å². The Morgan fingerprint density at radius 1 is 1.11 bits per heavy atom. The number of amides is 1. The van der Waals surface area contributed by atoms with Crippen LogP contribution >= 0.6 is 0 Å². The second-order valence-corrected chi connectivity index (χ2v) is 7.49. The molecule has 0 fully saturated rings. The molecule has 0 unspecified atom stereocenters. The summed E-state index contributed by atoms with van der Waals surface area (Å²) in [6, 6.07) is 6.47. The zero-order valence-corrected chi connectivity index (χ0v) is 15.5. The van der Waals surface area contributed by atoms with Gasteiger partial charge >= 0.3 is 0 Å². The zero-order valence-electron chi connectivity index (χ0n) is 14.6. The Morgan fingerprint density at radius 2 is 1.82 bits per heavy atom. The van der Waals surface area contributed by atoms with Crippen molar-refractivity contribution in [3.8, 4) is 5.69 Å². The number of aromatic nitrogens is 4. The second kappa shape index (κ2) is 7.40. The minimum atomic E-state index is -3.89. The van der Waals surface area contributed by atoms with Crippen LogP contribution in [-0.4, -0.2) is 41.6 Å². The smallest absolute Gasteiger partial charge is 0.258 e. The van der Waals surface area contributed by atoms with Crippen LogP contribution in [-0.2, 0) is 10.0 Å². The molecule has 12 heteroatoms. The number of hydrogen-bond donors (Lipinski definition) is 2. The van der Waals surface area contributed by atoms with Gasteiger partial charge in [-0.05, 0) is 60.8 Å². The average Bonchev–Trinajstić information content (AvgIpc) is 3.09. The first-order valence-electron chi connectivity index (χ1n) is 7.82. The molecule has 28 heavy (non-hydrogen) atoms. The summed E-state index contributed by atoms with van der Waals surface area (Å²) in [6.07, 6.45) is 0. The maximum absolute atomic E-state index is 14.1. The van der Waals surface area contributed by atoms with Gasteiger partial charge in [0.15, 0.2) is 5.82 Å². The van der Waals surface area contributed by atoms with E-state index in [1.165, 1.54) is 23.9 Å². The number of aryl methyl sites for hydroxylation is 1. The van der Waals surface area contributed by atoms with E-state index in [0.29, 0.717) is 11.5 Å². The van der Waals surface area contributed by atoms with Gasteiger partial charge in [0.1, 0.15) is 11.6 Å². The molecular formula is C16H14F2N6O3S. The van der Waals surface area contributed by atoms with Gasteiger partial charge in [-0.25, -0.2) is 21.9 Å². The topological polar surface area (TPSA) is 119 Å². The third-order valence-corrected chi connectivity index (χ3v) is 5.24. The van der Waals surface area contributed by atoms with Crippen molar-refractivity contribution in [3.63, 3.8) is 0 Å². The highest BCUT2D eigenvalue weighted by atomic mass is 32.2. The molecule has 2 N–H and O–H groups in total.